The van der Waals surface area contributed by atoms with Crippen LogP contribution in [0.3, 0.4) is 0 Å². The molecule has 214 valence electrons. The first-order chi connectivity index (χ1) is 19.4. The second-order valence-corrected chi connectivity index (χ2v) is 10.00. The lowest BCUT2D eigenvalue weighted by Crippen LogP contribution is -2.37. The highest BCUT2D eigenvalue weighted by atomic mass is 19.1. The molecule has 0 bridgehead atoms. The van der Waals surface area contributed by atoms with Gasteiger partial charge in [0.05, 0.1) is 11.4 Å². The minimum atomic E-state index is -1.29. The van der Waals surface area contributed by atoms with Gasteiger partial charge in [0.1, 0.15) is 23.7 Å². The Labute approximate surface area is 235 Å². The molecule has 1 saturated carbocycles. The highest BCUT2D eigenvalue weighted by Crippen LogP contribution is 2.36. The summed E-state index contributed by atoms with van der Waals surface area (Å²) in [6.07, 6.45) is 2.15. The van der Waals surface area contributed by atoms with Gasteiger partial charge in [0, 0.05) is 37.0 Å². The molecule has 0 unspecified atom stereocenters. The van der Waals surface area contributed by atoms with E-state index in [0.717, 1.165) is 27.2 Å². The largest absolute Gasteiger partial charge is 0.480 e. The number of aryl methyl sites for hydroxylation is 1. The molecule has 0 atom stereocenters. The zero-order valence-corrected chi connectivity index (χ0v) is 23.0. The predicted octanol–water partition coefficient (Wildman–Crippen LogP) is 3.23. The lowest BCUT2D eigenvalue weighted by molar-refractivity contribution is -0.137. The van der Waals surface area contributed by atoms with Crippen LogP contribution in [0.1, 0.15) is 44.7 Å². The van der Waals surface area contributed by atoms with Gasteiger partial charge in [-0.25, -0.2) is 4.39 Å². The van der Waals surface area contributed by atoms with E-state index in [-0.39, 0.29) is 51.5 Å². The summed E-state index contributed by atoms with van der Waals surface area (Å²) in [5.41, 5.74) is 0.0548. The molecule has 1 aliphatic rings. The van der Waals surface area contributed by atoms with Crippen molar-refractivity contribution in [2.75, 3.05) is 23.8 Å². The SMILES string of the molecule is Cc1ccc(Nc2c(C(=O)N(C)CC(=O)O)c(N(C=O)c3cccc(C(=O)NC4CC4)c3)c(C)c(=O)n2C)c(F)c1. The van der Waals surface area contributed by atoms with Crippen LogP contribution < -0.4 is 21.1 Å². The van der Waals surface area contributed by atoms with Gasteiger partial charge in [-0.1, -0.05) is 12.1 Å². The molecule has 3 N–H and O–H groups in total. The zero-order valence-electron chi connectivity index (χ0n) is 23.0. The third-order valence-corrected chi connectivity index (χ3v) is 6.75. The van der Waals surface area contributed by atoms with Crippen LogP contribution in [-0.4, -0.2) is 58.4 Å². The number of carbonyl (C=O) groups is 4. The minimum Gasteiger partial charge on any atom is -0.480 e. The minimum absolute atomic E-state index is 0.00515. The smallest absolute Gasteiger partial charge is 0.323 e. The number of rotatable bonds is 10. The number of hydrogen-bond donors (Lipinski definition) is 3. The highest BCUT2D eigenvalue weighted by molar-refractivity contribution is 6.09. The van der Waals surface area contributed by atoms with Gasteiger partial charge < -0.3 is 20.6 Å². The van der Waals surface area contributed by atoms with E-state index in [1.54, 1.807) is 25.1 Å². The van der Waals surface area contributed by atoms with Crippen molar-refractivity contribution in [3.63, 3.8) is 0 Å². The zero-order chi connectivity index (χ0) is 30.0. The standard InChI is InChI=1S/C29H30FN5O6/c1-16-8-11-22(21(30)12-16)32-26-24(29(41)33(3)14-23(37)38)25(17(2)28(40)34(26)4)35(15-36)20-7-5-6-18(13-20)27(39)31-19-9-10-19/h5-8,11-13,15,19,32H,9-10,14H2,1-4H3,(H,31,39)(H,37,38). The molecule has 1 aromatic heterocycles. The Balaban J connectivity index is 1.95. The molecule has 0 saturated heterocycles. The Morgan fingerprint density at radius 1 is 1.15 bits per heavy atom. The van der Waals surface area contributed by atoms with Gasteiger partial charge in [-0.2, -0.15) is 0 Å². The normalized spacial score (nSPS) is 12.4. The molecule has 4 rings (SSSR count). The summed E-state index contributed by atoms with van der Waals surface area (Å²) in [4.78, 5) is 66.0. The second-order valence-electron chi connectivity index (χ2n) is 10.00. The van der Waals surface area contributed by atoms with E-state index in [2.05, 4.69) is 10.6 Å². The van der Waals surface area contributed by atoms with Crippen molar-refractivity contribution in [3.8, 4) is 0 Å². The number of likely N-dealkylation sites (N-methyl/N-ethyl adjacent to an activating group) is 1. The lowest BCUT2D eigenvalue weighted by atomic mass is 10.0. The van der Waals surface area contributed by atoms with Crippen molar-refractivity contribution in [3.05, 3.63) is 80.9 Å². The van der Waals surface area contributed by atoms with E-state index >= 15 is 0 Å². The fourth-order valence-corrected chi connectivity index (χ4v) is 4.42. The third kappa shape index (κ3) is 6.11. The van der Waals surface area contributed by atoms with Gasteiger partial charge in [-0.3, -0.25) is 33.4 Å². The maximum absolute atomic E-state index is 14.9. The van der Waals surface area contributed by atoms with Gasteiger partial charge >= 0.3 is 5.97 Å². The first-order valence-corrected chi connectivity index (χ1v) is 12.8. The van der Waals surface area contributed by atoms with Crippen LogP contribution in [0.15, 0.2) is 47.3 Å². The van der Waals surface area contributed by atoms with Crippen molar-refractivity contribution >= 4 is 47.1 Å². The van der Waals surface area contributed by atoms with Crippen molar-refractivity contribution in [2.24, 2.45) is 7.05 Å². The number of pyridine rings is 1. The lowest BCUT2D eigenvalue weighted by Gasteiger charge is -2.28. The number of nitrogens with one attached hydrogen (secondary N) is 2. The molecule has 1 fully saturated rings. The van der Waals surface area contributed by atoms with Crippen molar-refractivity contribution in [1.82, 2.24) is 14.8 Å². The second kappa shape index (κ2) is 11.6. The number of aromatic nitrogens is 1. The molecule has 12 heteroatoms. The molecule has 1 heterocycles. The van der Waals surface area contributed by atoms with Crippen LogP contribution in [0.4, 0.5) is 27.3 Å². The fourth-order valence-electron chi connectivity index (χ4n) is 4.42. The molecular weight excluding hydrogens is 533 g/mol. The van der Waals surface area contributed by atoms with E-state index in [4.69, 9.17) is 0 Å². The Kier molecular flexibility index (Phi) is 8.22. The number of nitrogens with zero attached hydrogens (tertiary/aromatic N) is 3. The highest BCUT2D eigenvalue weighted by Gasteiger charge is 2.31. The maximum atomic E-state index is 14.9. The van der Waals surface area contributed by atoms with Gasteiger partial charge in [0.25, 0.3) is 17.4 Å². The molecular formula is C29H30FN5O6. The van der Waals surface area contributed by atoms with E-state index in [1.807, 2.05) is 0 Å². The van der Waals surface area contributed by atoms with Gasteiger partial charge in [0.2, 0.25) is 6.41 Å². The van der Waals surface area contributed by atoms with Gasteiger partial charge in [-0.05, 0) is 62.6 Å². The number of halogens is 1. The summed E-state index contributed by atoms with van der Waals surface area (Å²) < 4.78 is 16.0. The fraction of sp³-hybridized carbons (Fsp3) is 0.276. The summed E-state index contributed by atoms with van der Waals surface area (Å²) in [6.45, 7) is 2.43. The molecule has 11 nitrogen and oxygen atoms in total. The van der Waals surface area contributed by atoms with Crippen LogP contribution in [0, 0.1) is 19.7 Å². The Bertz CT molecular complexity index is 1610. The summed E-state index contributed by atoms with van der Waals surface area (Å²) in [7, 11) is 2.63. The van der Waals surface area contributed by atoms with Crippen molar-refractivity contribution in [1.29, 1.82) is 0 Å². The number of carbonyl (C=O) groups excluding carboxylic acids is 3. The number of anilines is 4. The average molecular weight is 564 g/mol. The molecule has 2 aromatic carbocycles. The average Bonchev–Trinajstić information content (AvgIpc) is 3.75. The van der Waals surface area contributed by atoms with Crippen LogP contribution in [0.2, 0.25) is 0 Å². The van der Waals surface area contributed by atoms with E-state index in [9.17, 15) is 33.5 Å². The molecule has 3 amide bonds. The number of benzene rings is 2. The molecule has 41 heavy (non-hydrogen) atoms. The van der Waals surface area contributed by atoms with Crippen LogP contribution in [0.5, 0.6) is 0 Å². The van der Waals surface area contributed by atoms with Gasteiger partial charge in [-0.15, -0.1) is 0 Å². The third-order valence-electron chi connectivity index (χ3n) is 6.75. The van der Waals surface area contributed by atoms with E-state index < -0.39 is 29.8 Å². The maximum Gasteiger partial charge on any atom is 0.323 e. The van der Waals surface area contributed by atoms with Crippen LogP contribution in [-0.2, 0) is 16.6 Å². The van der Waals surface area contributed by atoms with Crippen molar-refractivity contribution in [2.45, 2.75) is 32.7 Å². The Morgan fingerprint density at radius 3 is 2.46 bits per heavy atom. The van der Waals surface area contributed by atoms with Crippen LogP contribution in [0.25, 0.3) is 0 Å². The monoisotopic (exact) mass is 563 g/mol. The molecule has 0 aliphatic heterocycles. The quantitative estimate of drug-likeness (QED) is 0.322. The summed E-state index contributed by atoms with van der Waals surface area (Å²) >= 11 is 0. The first-order valence-electron chi connectivity index (χ1n) is 12.8. The Morgan fingerprint density at radius 2 is 1.85 bits per heavy atom. The molecule has 0 spiro atoms. The number of carboxylic acid groups (broad SMARTS) is 1. The molecule has 0 radical (unpaired) electrons. The van der Waals surface area contributed by atoms with Gasteiger partial charge in [0.15, 0.2) is 0 Å². The number of hydrogen-bond acceptors (Lipinski definition) is 6. The summed E-state index contributed by atoms with van der Waals surface area (Å²) in [5.74, 6) is -3.28. The molecule has 3 aromatic rings. The predicted molar refractivity (Wildman–Crippen MR) is 151 cm³/mol. The van der Waals surface area contributed by atoms with E-state index in [1.165, 1.54) is 45.3 Å². The Hall–Kier alpha value is -5.00. The number of aliphatic carboxylic acids is 1. The molecule has 1 aliphatic carbocycles. The van der Waals surface area contributed by atoms with Crippen LogP contribution >= 0.6 is 0 Å². The number of carboxylic acids is 1. The van der Waals surface area contributed by atoms with Crippen molar-refractivity contribution < 1.29 is 28.7 Å². The summed E-state index contributed by atoms with van der Waals surface area (Å²) in [5, 5.41) is 15.0. The van der Waals surface area contributed by atoms with E-state index in [0.29, 0.717) is 12.0 Å². The summed E-state index contributed by atoms with van der Waals surface area (Å²) in [6, 6.07) is 10.5. The topological polar surface area (TPSA) is 141 Å². The first kappa shape index (κ1) is 29.0. The number of amides is 3.